The molecule has 2 saturated carbocycles. The number of hydrogen-bond acceptors (Lipinski definition) is 9. The van der Waals surface area contributed by atoms with E-state index in [0.29, 0.717) is 17.5 Å². The number of aliphatic hydroxyl groups is 1. The predicted molar refractivity (Wildman–Crippen MR) is 150 cm³/mol. The Kier molecular flexibility index (Phi) is 6.90. The lowest BCUT2D eigenvalue weighted by molar-refractivity contribution is -0.181. The van der Waals surface area contributed by atoms with Gasteiger partial charge < -0.3 is 20.8 Å². The van der Waals surface area contributed by atoms with Crippen LogP contribution in [0.4, 0.5) is 5.69 Å². The monoisotopic (exact) mass is 561 g/mol. The quantitative estimate of drug-likeness (QED) is 0.456. The number of anilines is 1. The van der Waals surface area contributed by atoms with Crippen LogP contribution in [-0.4, -0.2) is 84.0 Å². The SMILES string of the molecule is CCc1cc(-c2ccc(N(C)C)cc2)c2c(c1O)C(=O)C1C(=O)[C@@]3(O)C(=O)C(C(N)=O)C(=O)[C@H](N(C)C)[C@H]3C[C@H]1C2. The molecule has 10 heteroatoms. The number of rotatable bonds is 5. The number of phenolic OH excluding ortho intramolecular Hbond substituents is 1. The molecule has 3 aliphatic rings. The van der Waals surface area contributed by atoms with Gasteiger partial charge >= 0.3 is 0 Å². The van der Waals surface area contributed by atoms with Crippen molar-refractivity contribution < 1.29 is 34.2 Å². The van der Waals surface area contributed by atoms with Crippen LogP contribution in [0.3, 0.4) is 0 Å². The summed E-state index contributed by atoms with van der Waals surface area (Å²) in [5.41, 5.74) is 6.37. The molecule has 3 aliphatic carbocycles. The summed E-state index contributed by atoms with van der Waals surface area (Å²) in [7, 11) is 6.99. The number of phenols is 1. The molecule has 1 amide bonds. The first-order valence-electron chi connectivity index (χ1n) is 13.8. The number of benzene rings is 2. The van der Waals surface area contributed by atoms with Gasteiger partial charge in [0, 0.05) is 25.7 Å². The molecule has 0 aromatic heterocycles. The highest BCUT2D eigenvalue weighted by atomic mass is 16.3. The molecule has 216 valence electrons. The third-order valence-corrected chi connectivity index (χ3v) is 9.22. The van der Waals surface area contributed by atoms with Crippen molar-refractivity contribution in [2.75, 3.05) is 33.1 Å². The second-order valence-corrected chi connectivity index (χ2v) is 11.9. The molecule has 0 aliphatic heterocycles. The normalized spacial score (nSPS) is 29.2. The van der Waals surface area contributed by atoms with Gasteiger partial charge in [0.15, 0.2) is 34.7 Å². The van der Waals surface area contributed by atoms with E-state index in [9.17, 15) is 34.2 Å². The molecule has 0 radical (unpaired) electrons. The van der Waals surface area contributed by atoms with Gasteiger partial charge in [-0.15, -0.1) is 0 Å². The number of aryl methyl sites for hydroxylation is 1. The number of aromatic hydroxyl groups is 1. The average Bonchev–Trinajstić information content (AvgIpc) is 2.90. The second-order valence-electron chi connectivity index (χ2n) is 11.9. The summed E-state index contributed by atoms with van der Waals surface area (Å²) in [6.07, 6.45) is 0.655. The van der Waals surface area contributed by atoms with Crippen molar-refractivity contribution in [3.8, 4) is 16.9 Å². The summed E-state index contributed by atoms with van der Waals surface area (Å²) in [6, 6.07) is 8.51. The van der Waals surface area contributed by atoms with Crippen molar-refractivity contribution >= 4 is 34.7 Å². The Balaban J connectivity index is 1.68. The fraction of sp³-hybridized carbons (Fsp3) is 0.452. The Morgan fingerprint density at radius 1 is 1.05 bits per heavy atom. The number of nitrogens with two attached hydrogens (primary N) is 1. The summed E-state index contributed by atoms with van der Waals surface area (Å²) < 4.78 is 0. The minimum atomic E-state index is -2.74. The number of carbonyl (C=O) groups excluding carboxylic acids is 5. The maximum Gasteiger partial charge on any atom is 0.235 e. The molecule has 2 aromatic carbocycles. The van der Waals surface area contributed by atoms with Crippen LogP contribution in [0.1, 0.15) is 34.8 Å². The highest BCUT2D eigenvalue weighted by Crippen LogP contribution is 2.52. The van der Waals surface area contributed by atoms with Crippen molar-refractivity contribution in [2.45, 2.75) is 37.8 Å². The number of hydrogen-bond donors (Lipinski definition) is 3. The predicted octanol–water partition coefficient (Wildman–Crippen LogP) is 1.16. The van der Waals surface area contributed by atoms with Crippen LogP contribution >= 0.6 is 0 Å². The van der Waals surface area contributed by atoms with E-state index >= 15 is 0 Å². The van der Waals surface area contributed by atoms with E-state index in [1.54, 1.807) is 14.1 Å². The van der Waals surface area contributed by atoms with Crippen molar-refractivity contribution in [3.63, 3.8) is 0 Å². The zero-order valence-corrected chi connectivity index (χ0v) is 23.8. The Bertz CT molecular complexity index is 1500. The van der Waals surface area contributed by atoms with E-state index < -0.39 is 64.4 Å². The van der Waals surface area contributed by atoms with Crippen molar-refractivity contribution in [3.05, 3.63) is 47.0 Å². The maximum absolute atomic E-state index is 14.1. The molecule has 2 fully saturated rings. The fourth-order valence-electron chi connectivity index (χ4n) is 7.19. The molecule has 4 N–H and O–H groups in total. The largest absolute Gasteiger partial charge is 0.507 e. The van der Waals surface area contributed by atoms with E-state index in [1.807, 2.05) is 56.3 Å². The van der Waals surface area contributed by atoms with Crippen molar-refractivity contribution in [1.29, 1.82) is 0 Å². The van der Waals surface area contributed by atoms with Crippen LogP contribution in [0.2, 0.25) is 0 Å². The van der Waals surface area contributed by atoms with Crippen LogP contribution in [0.25, 0.3) is 11.1 Å². The minimum Gasteiger partial charge on any atom is -0.507 e. The summed E-state index contributed by atoms with van der Waals surface area (Å²) >= 11 is 0. The Morgan fingerprint density at radius 3 is 2.22 bits per heavy atom. The summed E-state index contributed by atoms with van der Waals surface area (Å²) in [4.78, 5) is 70.5. The van der Waals surface area contributed by atoms with E-state index in [2.05, 4.69) is 0 Å². The van der Waals surface area contributed by atoms with Gasteiger partial charge in [-0.25, -0.2) is 0 Å². The molecule has 0 heterocycles. The van der Waals surface area contributed by atoms with Crippen molar-refractivity contribution in [2.24, 2.45) is 29.4 Å². The van der Waals surface area contributed by atoms with Gasteiger partial charge in [-0.3, -0.25) is 28.9 Å². The number of amides is 1. The average molecular weight is 562 g/mol. The molecule has 10 nitrogen and oxygen atoms in total. The molecule has 6 atom stereocenters. The molecule has 2 unspecified atom stereocenters. The van der Waals surface area contributed by atoms with Crippen molar-refractivity contribution in [1.82, 2.24) is 4.90 Å². The standard InChI is InChI=1S/C31H35N3O7/c1-6-14-11-18(15-7-9-17(10-8-15)33(2)3)19-12-16-13-20-24(34(4)5)27(37)23(30(32)40)29(39)31(20,41)28(38)21(16)26(36)22(19)25(14)35/h7-11,16,20-21,23-24,35,41H,6,12-13H2,1-5H3,(H2,32,40)/t16-,20-,21?,23?,24-,31-/m1/s1. The highest BCUT2D eigenvalue weighted by molar-refractivity contribution is 6.32. The van der Waals surface area contributed by atoms with Crippen LogP contribution in [-0.2, 0) is 32.0 Å². The molecule has 5 rings (SSSR count). The number of primary amides is 1. The van der Waals surface area contributed by atoms with E-state index in [-0.39, 0.29) is 24.2 Å². The Hall–Kier alpha value is -3.89. The molecular weight excluding hydrogens is 526 g/mol. The number of ketones is 4. The second kappa shape index (κ2) is 9.88. The maximum atomic E-state index is 14.1. The van der Waals surface area contributed by atoms with Gasteiger partial charge in [0.05, 0.1) is 17.5 Å². The first kappa shape index (κ1) is 28.6. The van der Waals surface area contributed by atoms with Crippen LogP contribution in [0.5, 0.6) is 5.75 Å². The number of carbonyl (C=O) groups is 5. The summed E-state index contributed by atoms with van der Waals surface area (Å²) in [5.74, 6) is -10.4. The lowest BCUT2D eigenvalue weighted by atomic mass is 9.52. The topological polar surface area (TPSA) is 158 Å². The van der Waals surface area contributed by atoms with Crippen LogP contribution in [0, 0.1) is 23.7 Å². The number of Topliss-reactive ketones (excluding diaryl/α,β-unsaturated/α-hetero) is 4. The number of nitrogens with zero attached hydrogens (tertiary/aromatic N) is 2. The smallest absolute Gasteiger partial charge is 0.235 e. The first-order valence-corrected chi connectivity index (χ1v) is 13.8. The van der Waals surface area contributed by atoms with Gasteiger partial charge in [-0.1, -0.05) is 19.1 Å². The van der Waals surface area contributed by atoms with Crippen LogP contribution in [0.15, 0.2) is 30.3 Å². The number of fused-ring (bicyclic) bond motifs is 3. The van der Waals surface area contributed by atoms with Gasteiger partial charge in [0.2, 0.25) is 5.91 Å². The fourth-order valence-corrected chi connectivity index (χ4v) is 7.19. The molecule has 2 aromatic rings. The highest BCUT2D eigenvalue weighted by Gasteiger charge is 2.69. The first-order chi connectivity index (χ1) is 19.2. The zero-order chi connectivity index (χ0) is 30.1. The summed E-state index contributed by atoms with van der Waals surface area (Å²) in [6.45, 7) is 1.85. The minimum absolute atomic E-state index is 0.0131. The van der Waals surface area contributed by atoms with E-state index in [1.165, 1.54) is 4.90 Å². The molecular formula is C31H35N3O7. The lowest BCUT2D eigenvalue weighted by Gasteiger charge is -2.52. The van der Waals surface area contributed by atoms with E-state index in [4.69, 9.17) is 5.73 Å². The van der Waals surface area contributed by atoms with Gasteiger partial charge in [-0.2, -0.15) is 0 Å². The van der Waals surface area contributed by atoms with Gasteiger partial charge in [-0.05, 0) is 79.7 Å². The zero-order valence-electron chi connectivity index (χ0n) is 23.8. The number of likely N-dealkylation sites (N-methyl/N-ethyl adjacent to an activating group) is 1. The lowest BCUT2D eigenvalue weighted by Crippen LogP contribution is -2.74. The van der Waals surface area contributed by atoms with Gasteiger partial charge in [0.1, 0.15) is 5.75 Å². The third kappa shape index (κ3) is 4.03. The molecule has 0 saturated heterocycles. The Labute approximate surface area is 238 Å². The van der Waals surface area contributed by atoms with Gasteiger partial charge in [0.25, 0.3) is 0 Å². The van der Waals surface area contributed by atoms with Crippen LogP contribution < -0.4 is 10.6 Å². The van der Waals surface area contributed by atoms with E-state index in [0.717, 1.165) is 16.8 Å². The summed E-state index contributed by atoms with van der Waals surface area (Å²) in [5, 5.41) is 23.0. The molecule has 41 heavy (non-hydrogen) atoms. The Morgan fingerprint density at radius 2 is 1.68 bits per heavy atom. The third-order valence-electron chi connectivity index (χ3n) is 9.22. The molecule has 0 spiro atoms. The molecule has 0 bridgehead atoms.